The number of carbonyl (C=O) groups excluding carboxylic acids is 1. The summed E-state index contributed by atoms with van der Waals surface area (Å²) in [6.45, 7) is 4.82. The Kier molecular flexibility index (Phi) is 7.65. The number of ether oxygens (including phenoxy) is 1. The van der Waals surface area contributed by atoms with Crippen LogP contribution in [0.15, 0.2) is 53.4 Å². The van der Waals surface area contributed by atoms with Gasteiger partial charge in [0.2, 0.25) is 26.0 Å². The van der Waals surface area contributed by atoms with Crippen molar-refractivity contribution < 1.29 is 26.4 Å². The molecule has 0 radical (unpaired) electrons. The molecule has 1 N–H and O–H groups in total. The zero-order chi connectivity index (χ0) is 24.2. The highest BCUT2D eigenvalue weighted by atomic mass is 32.2. The Labute approximate surface area is 195 Å². The Bertz CT molecular complexity index is 1170. The summed E-state index contributed by atoms with van der Waals surface area (Å²) in [5, 5.41) is 2.67. The molecule has 2 aromatic rings. The van der Waals surface area contributed by atoms with E-state index in [1.165, 1.54) is 35.5 Å². The van der Waals surface area contributed by atoms with Gasteiger partial charge in [0.25, 0.3) is 0 Å². The molecule has 2 aromatic carbocycles. The summed E-state index contributed by atoms with van der Waals surface area (Å²) in [6, 6.07) is 11.3. The van der Waals surface area contributed by atoms with E-state index in [-0.39, 0.29) is 4.90 Å². The second-order valence-electron chi connectivity index (χ2n) is 7.79. The Morgan fingerprint density at radius 1 is 1.03 bits per heavy atom. The highest BCUT2D eigenvalue weighted by Gasteiger charge is 2.30. The lowest BCUT2D eigenvalue weighted by molar-refractivity contribution is -0.116. The van der Waals surface area contributed by atoms with Crippen LogP contribution in [0.2, 0.25) is 0 Å². The average molecular weight is 496 g/mol. The SMILES string of the molecule is CCOc1ccc(N([C@@H](C)C(=O)Nc2ccc(S(=O)(=O)N3CCCC3)cc2)S(C)(=O)=O)cc1. The molecular weight excluding hydrogens is 466 g/mol. The number of nitrogens with zero attached hydrogens (tertiary/aromatic N) is 2. The molecule has 1 atom stereocenters. The smallest absolute Gasteiger partial charge is 0.247 e. The average Bonchev–Trinajstić information content (AvgIpc) is 3.30. The van der Waals surface area contributed by atoms with Crippen molar-refractivity contribution >= 4 is 37.3 Å². The van der Waals surface area contributed by atoms with E-state index in [0.717, 1.165) is 23.4 Å². The maximum atomic E-state index is 12.9. The first-order valence-electron chi connectivity index (χ1n) is 10.7. The van der Waals surface area contributed by atoms with E-state index >= 15 is 0 Å². The van der Waals surface area contributed by atoms with Gasteiger partial charge in [-0.25, -0.2) is 16.8 Å². The zero-order valence-electron chi connectivity index (χ0n) is 18.9. The van der Waals surface area contributed by atoms with Crippen LogP contribution < -0.4 is 14.4 Å². The topological polar surface area (TPSA) is 113 Å². The van der Waals surface area contributed by atoms with Gasteiger partial charge in [0, 0.05) is 18.8 Å². The van der Waals surface area contributed by atoms with Gasteiger partial charge in [-0.05, 0) is 75.2 Å². The highest BCUT2D eigenvalue weighted by Crippen LogP contribution is 2.25. The van der Waals surface area contributed by atoms with Gasteiger partial charge in [-0.15, -0.1) is 0 Å². The normalized spacial score (nSPS) is 15.7. The van der Waals surface area contributed by atoms with E-state index in [9.17, 15) is 21.6 Å². The first kappa shape index (κ1) is 25.0. The van der Waals surface area contributed by atoms with E-state index in [0.29, 0.717) is 36.8 Å². The standard InChI is InChI=1S/C22H29N3O6S2/c1-4-31-20-11-9-19(10-12-20)25(32(3,27)28)17(2)22(26)23-18-7-13-21(14-8-18)33(29,30)24-15-5-6-16-24/h7-14,17H,4-6,15-16H2,1-3H3,(H,23,26)/t17-/m0/s1. The quantitative estimate of drug-likeness (QED) is 0.572. The fraction of sp³-hybridized carbons (Fsp3) is 0.409. The molecule has 1 aliphatic rings. The highest BCUT2D eigenvalue weighted by molar-refractivity contribution is 7.92. The number of nitrogens with one attached hydrogen (secondary N) is 1. The second-order valence-corrected chi connectivity index (χ2v) is 11.6. The first-order chi connectivity index (χ1) is 15.5. The molecule has 11 heteroatoms. The van der Waals surface area contributed by atoms with Crippen molar-refractivity contribution in [2.24, 2.45) is 0 Å². The minimum absolute atomic E-state index is 0.155. The minimum atomic E-state index is -3.77. The van der Waals surface area contributed by atoms with Gasteiger partial charge in [0.05, 0.1) is 23.4 Å². The first-order valence-corrected chi connectivity index (χ1v) is 14.0. The number of rotatable bonds is 9. The summed E-state index contributed by atoms with van der Waals surface area (Å²) in [4.78, 5) is 13.0. The van der Waals surface area contributed by atoms with E-state index in [2.05, 4.69) is 5.32 Å². The third-order valence-electron chi connectivity index (χ3n) is 5.32. The van der Waals surface area contributed by atoms with Gasteiger partial charge >= 0.3 is 0 Å². The lowest BCUT2D eigenvalue weighted by Crippen LogP contribution is -2.45. The molecule has 1 saturated heterocycles. The number of benzene rings is 2. The fourth-order valence-corrected chi connectivity index (χ4v) is 6.39. The molecule has 0 bridgehead atoms. The van der Waals surface area contributed by atoms with Crippen molar-refractivity contribution in [2.75, 3.05) is 35.6 Å². The van der Waals surface area contributed by atoms with Crippen LogP contribution in [-0.4, -0.2) is 59.0 Å². The molecule has 1 amide bonds. The maximum Gasteiger partial charge on any atom is 0.247 e. The number of carbonyl (C=O) groups is 1. The Morgan fingerprint density at radius 2 is 1.61 bits per heavy atom. The van der Waals surface area contributed by atoms with E-state index in [1.54, 1.807) is 24.3 Å². The van der Waals surface area contributed by atoms with Gasteiger partial charge < -0.3 is 10.1 Å². The molecule has 0 spiro atoms. The molecule has 33 heavy (non-hydrogen) atoms. The maximum absolute atomic E-state index is 12.9. The molecule has 0 aromatic heterocycles. The molecule has 180 valence electrons. The summed E-state index contributed by atoms with van der Waals surface area (Å²) < 4.78 is 58.1. The lowest BCUT2D eigenvalue weighted by Gasteiger charge is -2.28. The van der Waals surface area contributed by atoms with Gasteiger partial charge in [-0.1, -0.05) is 0 Å². The van der Waals surface area contributed by atoms with Crippen molar-refractivity contribution in [1.29, 1.82) is 0 Å². The molecular formula is C22H29N3O6S2. The van der Waals surface area contributed by atoms with Gasteiger partial charge in [-0.3, -0.25) is 9.10 Å². The Morgan fingerprint density at radius 3 is 2.12 bits per heavy atom. The summed E-state index contributed by atoms with van der Waals surface area (Å²) in [5.41, 5.74) is 0.697. The molecule has 1 aliphatic heterocycles. The second kappa shape index (κ2) is 10.1. The monoisotopic (exact) mass is 495 g/mol. The van der Waals surface area contributed by atoms with Crippen molar-refractivity contribution in [3.63, 3.8) is 0 Å². The van der Waals surface area contributed by atoms with Crippen LogP contribution in [-0.2, 0) is 24.8 Å². The molecule has 0 unspecified atom stereocenters. The van der Waals surface area contributed by atoms with Crippen LogP contribution in [0.25, 0.3) is 0 Å². The number of hydrogen-bond acceptors (Lipinski definition) is 6. The molecule has 0 aliphatic carbocycles. The van der Waals surface area contributed by atoms with E-state index < -0.39 is 32.0 Å². The van der Waals surface area contributed by atoms with Crippen LogP contribution in [0.1, 0.15) is 26.7 Å². The summed E-state index contributed by atoms with van der Waals surface area (Å²) in [6.07, 6.45) is 2.72. The third kappa shape index (κ3) is 5.84. The molecule has 9 nitrogen and oxygen atoms in total. The largest absolute Gasteiger partial charge is 0.494 e. The lowest BCUT2D eigenvalue weighted by atomic mass is 10.2. The van der Waals surface area contributed by atoms with Crippen LogP contribution in [0.5, 0.6) is 5.75 Å². The summed E-state index contributed by atoms with van der Waals surface area (Å²) >= 11 is 0. The number of amides is 1. The Hall–Kier alpha value is -2.63. The van der Waals surface area contributed by atoms with Crippen LogP contribution in [0.4, 0.5) is 11.4 Å². The Balaban J connectivity index is 1.76. The zero-order valence-corrected chi connectivity index (χ0v) is 20.5. The van der Waals surface area contributed by atoms with Crippen LogP contribution >= 0.6 is 0 Å². The van der Waals surface area contributed by atoms with Gasteiger partial charge in [0.15, 0.2) is 0 Å². The molecule has 1 heterocycles. The van der Waals surface area contributed by atoms with Crippen LogP contribution in [0, 0.1) is 0 Å². The van der Waals surface area contributed by atoms with Crippen molar-refractivity contribution in [3.05, 3.63) is 48.5 Å². The summed E-state index contributed by atoms with van der Waals surface area (Å²) in [5.74, 6) is 0.0419. The number of anilines is 2. The van der Waals surface area contributed by atoms with Crippen molar-refractivity contribution in [1.82, 2.24) is 4.31 Å². The predicted molar refractivity (Wildman–Crippen MR) is 127 cm³/mol. The van der Waals surface area contributed by atoms with Gasteiger partial charge in [-0.2, -0.15) is 4.31 Å². The molecule has 0 saturated carbocycles. The molecule has 3 rings (SSSR count). The van der Waals surface area contributed by atoms with E-state index in [4.69, 9.17) is 4.74 Å². The number of sulfonamides is 2. The minimum Gasteiger partial charge on any atom is -0.494 e. The van der Waals surface area contributed by atoms with Crippen molar-refractivity contribution in [3.8, 4) is 5.75 Å². The van der Waals surface area contributed by atoms with E-state index in [1.807, 2.05) is 6.92 Å². The fourth-order valence-electron chi connectivity index (χ4n) is 3.70. The van der Waals surface area contributed by atoms with Crippen LogP contribution in [0.3, 0.4) is 0 Å². The third-order valence-corrected chi connectivity index (χ3v) is 8.47. The van der Waals surface area contributed by atoms with Crippen molar-refractivity contribution in [2.45, 2.75) is 37.6 Å². The predicted octanol–water partition coefficient (Wildman–Crippen LogP) is 2.66. The molecule has 1 fully saturated rings. The number of hydrogen-bond donors (Lipinski definition) is 1. The van der Waals surface area contributed by atoms with Gasteiger partial charge in [0.1, 0.15) is 11.8 Å². The summed E-state index contributed by atoms with van der Waals surface area (Å²) in [7, 11) is -7.32.